The Kier molecular flexibility index (Phi) is 5.00. The minimum atomic E-state index is -0.223. The van der Waals surface area contributed by atoms with Gasteiger partial charge in [0.1, 0.15) is 0 Å². The second-order valence-corrected chi connectivity index (χ2v) is 7.04. The molecule has 24 heavy (non-hydrogen) atoms. The molecular formula is C19H19BrN2O2. The lowest BCUT2D eigenvalue weighted by atomic mass is 10.2. The van der Waals surface area contributed by atoms with Gasteiger partial charge in [-0.05, 0) is 36.2 Å². The van der Waals surface area contributed by atoms with E-state index < -0.39 is 0 Å². The van der Waals surface area contributed by atoms with Crippen LogP contribution in [0.15, 0.2) is 59.1 Å². The number of halogens is 1. The van der Waals surface area contributed by atoms with Crippen molar-refractivity contribution >= 4 is 33.4 Å². The summed E-state index contributed by atoms with van der Waals surface area (Å²) in [5, 5.41) is 2.87. The number of benzene rings is 2. The summed E-state index contributed by atoms with van der Waals surface area (Å²) in [6, 6.07) is 17.3. The molecule has 5 heteroatoms. The molecule has 4 nitrogen and oxygen atoms in total. The maximum absolute atomic E-state index is 12.5. The number of carbonyl (C=O) groups excluding carboxylic acids is 2. The quantitative estimate of drug-likeness (QED) is 0.851. The maximum Gasteiger partial charge on any atom is 0.228 e. The number of nitrogens with zero attached hydrogens (tertiary/aromatic N) is 1. The third-order valence-corrected chi connectivity index (χ3v) is 4.72. The molecule has 0 radical (unpaired) electrons. The lowest BCUT2D eigenvalue weighted by Gasteiger charge is -2.17. The Bertz CT molecular complexity index is 731. The summed E-state index contributed by atoms with van der Waals surface area (Å²) >= 11 is 3.36. The van der Waals surface area contributed by atoms with E-state index in [-0.39, 0.29) is 23.7 Å². The van der Waals surface area contributed by atoms with Gasteiger partial charge < -0.3 is 10.2 Å². The van der Waals surface area contributed by atoms with Gasteiger partial charge in [0.2, 0.25) is 11.8 Å². The smallest absolute Gasteiger partial charge is 0.228 e. The van der Waals surface area contributed by atoms with Gasteiger partial charge in [-0.3, -0.25) is 9.59 Å². The number of hydrogen-bond donors (Lipinski definition) is 1. The van der Waals surface area contributed by atoms with E-state index in [0.29, 0.717) is 13.0 Å². The van der Waals surface area contributed by atoms with Gasteiger partial charge >= 0.3 is 0 Å². The van der Waals surface area contributed by atoms with E-state index in [1.807, 2.05) is 54.6 Å². The summed E-state index contributed by atoms with van der Waals surface area (Å²) in [4.78, 5) is 26.4. The molecule has 1 aliphatic rings. The summed E-state index contributed by atoms with van der Waals surface area (Å²) < 4.78 is 0.961. The number of nitrogens with one attached hydrogen (secondary N) is 1. The SMILES string of the molecule is CN(Cc1ccccc1)C(=O)C1CC1C(=O)Nc1ccc(Br)cc1. The maximum atomic E-state index is 12.5. The van der Waals surface area contributed by atoms with E-state index in [1.54, 1.807) is 11.9 Å². The van der Waals surface area contributed by atoms with Gasteiger partial charge in [-0.2, -0.15) is 0 Å². The predicted octanol–water partition coefficient (Wildman–Crippen LogP) is 3.68. The zero-order valence-corrected chi connectivity index (χ0v) is 15.0. The molecule has 0 bridgehead atoms. The van der Waals surface area contributed by atoms with Crippen molar-refractivity contribution in [2.45, 2.75) is 13.0 Å². The third-order valence-electron chi connectivity index (χ3n) is 4.19. The standard InChI is InChI=1S/C19H19BrN2O2/c1-22(12-13-5-3-2-4-6-13)19(24)17-11-16(17)18(23)21-15-9-7-14(20)8-10-15/h2-10,16-17H,11-12H2,1H3,(H,21,23). The van der Waals surface area contributed by atoms with Crippen LogP contribution in [-0.2, 0) is 16.1 Å². The normalized spacial score (nSPS) is 18.8. The molecule has 1 N–H and O–H groups in total. The highest BCUT2D eigenvalue weighted by atomic mass is 79.9. The van der Waals surface area contributed by atoms with Crippen LogP contribution >= 0.6 is 15.9 Å². The van der Waals surface area contributed by atoms with E-state index >= 15 is 0 Å². The fourth-order valence-corrected chi connectivity index (χ4v) is 3.01. The fourth-order valence-electron chi connectivity index (χ4n) is 2.74. The molecule has 2 aromatic carbocycles. The second kappa shape index (κ2) is 7.18. The Labute approximate surface area is 150 Å². The second-order valence-electron chi connectivity index (χ2n) is 6.12. The Morgan fingerprint density at radius 2 is 1.75 bits per heavy atom. The van der Waals surface area contributed by atoms with Gasteiger partial charge in [-0.25, -0.2) is 0 Å². The molecule has 2 aromatic rings. The molecule has 1 saturated carbocycles. The largest absolute Gasteiger partial charge is 0.341 e. The molecule has 2 unspecified atom stereocenters. The average molecular weight is 387 g/mol. The van der Waals surface area contributed by atoms with Gasteiger partial charge in [0.05, 0.1) is 11.8 Å². The van der Waals surface area contributed by atoms with Crippen LogP contribution in [0.3, 0.4) is 0 Å². The van der Waals surface area contributed by atoms with Crippen LogP contribution in [-0.4, -0.2) is 23.8 Å². The van der Waals surface area contributed by atoms with E-state index in [9.17, 15) is 9.59 Å². The summed E-state index contributed by atoms with van der Waals surface area (Å²) in [6.45, 7) is 0.567. The number of rotatable bonds is 5. The fraction of sp³-hybridized carbons (Fsp3) is 0.263. The molecule has 0 aromatic heterocycles. The first kappa shape index (κ1) is 16.7. The Balaban J connectivity index is 1.53. The van der Waals surface area contributed by atoms with Gasteiger partial charge in [-0.1, -0.05) is 46.3 Å². The third kappa shape index (κ3) is 4.03. The molecule has 1 aliphatic carbocycles. The van der Waals surface area contributed by atoms with E-state index in [4.69, 9.17) is 0 Å². The van der Waals surface area contributed by atoms with Crippen LogP contribution < -0.4 is 5.32 Å². The van der Waals surface area contributed by atoms with Crippen molar-refractivity contribution in [2.75, 3.05) is 12.4 Å². The molecule has 124 valence electrons. The van der Waals surface area contributed by atoms with Gasteiger partial charge in [-0.15, -0.1) is 0 Å². The van der Waals surface area contributed by atoms with Crippen molar-refractivity contribution in [1.82, 2.24) is 4.90 Å². The van der Waals surface area contributed by atoms with E-state index in [0.717, 1.165) is 15.7 Å². The van der Waals surface area contributed by atoms with Crippen molar-refractivity contribution < 1.29 is 9.59 Å². The van der Waals surface area contributed by atoms with Crippen molar-refractivity contribution in [3.05, 3.63) is 64.6 Å². The van der Waals surface area contributed by atoms with Gasteiger partial charge in [0, 0.05) is 23.8 Å². The molecule has 0 saturated heterocycles. The lowest BCUT2D eigenvalue weighted by molar-refractivity contribution is -0.133. The van der Waals surface area contributed by atoms with Crippen LogP contribution in [0.2, 0.25) is 0 Å². The first-order chi connectivity index (χ1) is 11.5. The number of anilines is 1. The Hall–Kier alpha value is -2.14. The Morgan fingerprint density at radius 1 is 1.08 bits per heavy atom. The average Bonchev–Trinajstić information content (AvgIpc) is 3.38. The summed E-state index contributed by atoms with van der Waals surface area (Å²) in [5.74, 6) is -0.466. The van der Waals surface area contributed by atoms with Crippen molar-refractivity contribution in [1.29, 1.82) is 0 Å². The van der Waals surface area contributed by atoms with Crippen molar-refractivity contribution in [2.24, 2.45) is 11.8 Å². The predicted molar refractivity (Wildman–Crippen MR) is 97.3 cm³/mol. The summed E-state index contributed by atoms with van der Waals surface area (Å²) in [7, 11) is 1.79. The highest BCUT2D eigenvalue weighted by molar-refractivity contribution is 9.10. The highest BCUT2D eigenvalue weighted by Gasteiger charge is 2.49. The van der Waals surface area contributed by atoms with Crippen LogP contribution in [0.5, 0.6) is 0 Å². The molecule has 0 aliphatic heterocycles. The van der Waals surface area contributed by atoms with Crippen molar-refractivity contribution in [3.63, 3.8) is 0 Å². The van der Waals surface area contributed by atoms with Crippen molar-refractivity contribution in [3.8, 4) is 0 Å². The van der Waals surface area contributed by atoms with E-state index in [2.05, 4.69) is 21.2 Å². The zero-order valence-electron chi connectivity index (χ0n) is 13.4. The van der Waals surface area contributed by atoms with Crippen LogP contribution in [0, 0.1) is 11.8 Å². The Morgan fingerprint density at radius 3 is 2.42 bits per heavy atom. The van der Waals surface area contributed by atoms with E-state index in [1.165, 1.54) is 0 Å². The summed E-state index contributed by atoms with van der Waals surface area (Å²) in [6.07, 6.45) is 0.625. The van der Waals surface area contributed by atoms with Crippen LogP contribution in [0.1, 0.15) is 12.0 Å². The number of carbonyl (C=O) groups is 2. The highest BCUT2D eigenvalue weighted by Crippen LogP contribution is 2.40. The molecule has 2 amide bonds. The van der Waals surface area contributed by atoms with Crippen LogP contribution in [0.4, 0.5) is 5.69 Å². The monoisotopic (exact) mass is 386 g/mol. The molecule has 0 spiro atoms. The lowest BCUT2D eigenvalue weighted by Crippen LogP contribution is -2.29. The molecule has 3 rings (SSSR count). The molecule has 2 atom stereocenters. The zero-order chi connectivity index (χ0) is 17.1. The minimum absolute atomic E-state index is 0.0369. The first-order valence-corrected chi connectivity index (χ1v) is 8.69. The molecule has 0 heterocycles. The summed E-state index contributed by atoms with van der Waals surface area (Å²) in [5.41, 5.74) is 1.84. The van der Waals surface area contributed by atoms with Gasteiger partial charge in [0.15, 0.2) is 0 Å². The number of hydrogen-bond acceptors (Lipinski definition) is 2. The molecule has 1 fully saturated rings. The number of amides is 2. The van der Waals surface area contributed by atoms with Gasteiger partial charge in [0.25, 0.3) is 0 Å². The first-order valence-electron chi connectivity index (χ1n) is 7.90. The van der Waals surface area contributed by atoms with Crippen LogP contribution in [0.25, 0.3) is 0 Å². The minimum Gasteiger partial charge on any atom is -0.341 e. The molecular weight excluding hydrogens is 368 g/mol. The topological polar surface area (TPSA) is 49.4 Å².